The average molecular weight is 662 g/mol. The molecule has 0 bridgehead atoms. The third-order valence-corrected chi connectivity index (χ3v) is 7.69. The molecule has 3 amide bonds. The van der Waals surface area contributed by atoms with Crippen molar-refractivity contribution in [3.63, 3.8) is 0 Å². The molecule has 0 unspecified atom stereocenters. The van der Waals surface area contributed by atoms with E-state index in [1.165, 1.54) is 6.42 Å². The minimum atomic E-state index is -0.488. The Morgan fingerprint density at radius 3 is 2.39 bits per heavy atom. The Hall–Kier alpha value is -3.02. The number of carbonyl (C=O) groups is 3. The fourth-order valence-electron chi connectivity index (χ4n) is 4.19. The van der Waals surface area contributed by atoms with Crippen molar-refractivity contribution in [3.05, 3.63) is 69.1 Å². The zero-order chi connectivity index (χ0) is 27.1. The van der Waals surface area contributed by atoms with Gasteiger partial charge in [-0.05, 0) is 94.2 Å². The normalized spacial score (nSPS) is 13.4. The van der Waals surface area contributed by atoms with Crippen LogP contribution in [0.3, 0.4) is 0 Å². The zero-order valence-corrected chi connectivity index (χ0v) is 24.3. The number of carbonyl (C=O) groups excluding carboxylic acids is 3. The van der Waals surface area contributed by atoms with Gasteiger partial charge in [-0.2, -0.15) is 0 Å². The molecule has 0 heterocycles. The van der Waals surface area contributed by atoms with Crippen LogP contribution in [0.5, 0.6) is 5.75 Å². The Morgan fingerprint density at radius 2 is 1.66 bits per heavy atom. The van der Waals surface area contributed by atoms with Gasteiger partial charge in [0.1, 0.15) is 5.75 Å². The standard InChI is InChI=1S/C27H26Br2N4O4S/c28-19-9-12-21-18(14-19)8-13-22(24(21)29)37-15-23(34)31-27(38)33-32-26(36)17-6-10-20(11-7-17)30-25(35)16-4-2-1-3-5-16/h6-14,16H,1-5,15H2,(H,30,35)(H,32,36)(H2,31,33,34,38). The van der Waals surface area contributed by atoms with Crippen LogP contribution in [-0.2, 0) is 9.59 Å². The highest BCUT2D eigenvalue weighted by Gasteiger charge is 2.21. The minimum absolute atomic E-state index is 0.0230. The second kappa shape index (κ2) is 13.2. The molecule has 8 nitrogen and oxygen atoms in total. The van der Waals surface area contributed by atoms with Crippen molar-refractivity contribution in [2.75, 3.05) is 11.9 Å². The predicted octanol–water partition coefficient (Wildman–Crippen LogP) is 5.60. The maximum atomic E-state index is 12.4. The lowest BCUT2D eigenvalue weighted by Crippen LogP contribution is -2.49. The van der Waals surface area contributed by atoms with Crippen molar-refractivity contribution in [2.24, 2.45) is 5.92 Å². The van der Waals surface area contributed by atoms with E-state index in [0.29, 0.717) is 17.0 Å². The summed E-state index contributed by atoms with van der Waals surface area (Å²) in [6.45, 7) is -0.273. The second-order valence-electron chi connectivity index (χ2n) is 8.89. The highest BCUT2D eigenvalue weighted by Crippen LogP contribution is 2.34. The maximum absolute atomic E-state index is 12.4. The Labute approximate surface area is 242 Å². The quantitative estimate of drug-likeness (QED) is 0.202. The number of fused-ring (bicyclic) bond motifs is 1. The van der Waals surface area contributed by atoms with Gasteiger partial charge in [-0.1, -0.05) is 47.3 Å². The zero-order valence-electron chi connectivity index (χ0n) is 20.3. The number of halogens is 2. The van der Waals surface area contributed by atoms with Gasteiger partial charge in [-0.25, -0.2) is 0 Å². The molecule has 0 aliphatic heterocycles. The van der Waals surface area contributed by atoms with Crippen LogP contribution in [-0.4, -0.2) is 29.4 Å². The second-order valence-corrected chi connectivity index (χ2v) is 11.0. The first kappa shape index (κ1) is 28.0. The number of ether oxygens (including phenoxy) is 1. The van der Waals surface area contributed by atoms with Gasteiger partial charge in [0.15, 0.2) is 11.7 Å². The summed E-state index contributed by atoms with van der Waals surface area (Å²) in [5.41, 5.74) is 5.94. The molecule has 3 aromatic rings. The van der Waals surface area contributed by atoms with Crippen LogP contribution in [0.1, 0.15) is 42.5 Å². The van der Waals surface area contributed by atoms with Crippen LogP contribution in [0.4, 0.5) is 5.69 Å². The van der Waals surface area contributed by atoms with Crippen LogP contribution < -0.4 is 26.2 Å². The molecule has 1 aliphatic rings. The van der Waals surface area contributed by atoms with Gasteiger partial charge in [0.2, 0.25) is 5.91 Å². The summed E-state index contributed by atoms with van der Waals surface area (Å²) in [7, 11) is 0. The van der Waals surface area contributed by atoms with Crippen LogP contribution in [0.15, 0.2) is 63.5 Å². The number of thiocarbonyl (C=S) groups is 1. The molecule has 0 saturated heterocycles. The van der Waals surface area contributed by atoms with Crippen molar-refractivity contribution in [1.82, 2.24) is 16.2 Å². The van der Waals surface area contributed by atoms with Crippen LogP contribution in [0.25, 0.3) is 10.8 Å². The molecule has 11 heteroatoms. The number of benzene rings is 3. The lowest BCUT2D eigenvalue weighted by Gasteiger charge is -2.20. The molecule has 0 radical (unpaired) electrons. The van der Waals surface area contributed by atoms with Crippen LogP contribution in [0.2, 0.25) is 0 Å². The smallest absolute Gasteiger partial charge is 0.269 e. The van der Waals surface area contributed by atoms with E-state index >= 15 is 0 Å². The van der Waals surface area contributed by atoms with Gasteiger partial charge in [0.05, 0.1) is 4.47 Å². The van der Waals surface area contributed by atoms with Crippen molar-refractivity contribution in [2.45, 2.75) is 32.1 Å². The molecular weight excluding hydrogens is 636 g/mol. The van der Waals surface area contributed by atoms with Gasteiger partial charge in [0.25, 0.3) is 11.8 Å². The number of hydrazine groups is 1. The van der Waals surface area contributed by atoms with E-state index in [1.54, 1.807) is 30.3 Å². The molecule has 1 aliphatic carbocycles. The number of rotatable bonds is 6. The molecule has 1 saturated carbocycles. The maximum Gasteiger partial charge on any atom is 0.269 e. The van der Waals surface area contributed by atoms with Crippen LogP contribution >= 0.6 is 44.1 Å². The summed E-state index contributed by atoms with van der Waals surface area (Å²) in [5.74, 6) is -0.350. The molecule has 3 aromatic carbocycles. The van der Waals surface area contributed by atoms with E-state index in [9.17, 15) is 14.4 Å². The number of amides is 3. The summed E-state index contributed by atoms with van der Waals surface area (Å²) in [6, 6.07) is 16.1. The van der Waals surface area contributed by atoms with E-state index in [4.69, 9.17) is 17.0 Å². The first-order chi connectivity index (χ1) is 18.3. The molecular formula is C27H26Br2N4O4S. The van der Waals surface area contributed by atoms with Gasteiger partial charge in [-0.3, -0.25) is 30.6 Å². The lowest BCUT2D eigenvalue weighted by molar-refractivity contribution is -0.122. The minimum Gasteiger partial charge on any atom is -0.483 e. The summed E-state index contributed by atoms with van der Waals surface area (Å²) in [5, 5.41) is 7.26. The fraction of sp³-hybridized carbons (Fsp3) is 0.259. The Balaban J connectivity index is 1.20. The van der Waals surface area contributed by atoms with Crippen molar-refractivity contribution >= 4 is 83.4 Å². The third kappa shape index (κ3) is 7.52. The van der Waals surface area contributed by atoms with Crippen molar-refractivity contribution in [1.29, 1.82) is 0 Å². The van der Waals surface area contributed by atoms with Gasteiger partial charge in [0, 0.05) is 21.6 Å². The van der Waals surface area contributed by atoms with E-state index in [1.807, 2.05) is 24.3 Å². The van der Waals surface area contributed by atoms with Crippen LogP contribution in [0, 0.1) is 5.92 Å². The van der Waals surface area contributed by atoms with Crippen molar-refractivity contribution in [3.8, 4) is 5.75 Å². The third-order valence-electron chi connectivity index (χ3n) is 6.17. The van der Waals surface area contributed by atoms with E-state index in [0.717, 1.165) is 45.4 Å². The largest absolute Gasteiger partial charge is 0.483 e. The summed E-state index contributed by atoms with van der Waals surface area (Å²) < 4.78 is 7.34. The van der Waals surface area contributed by atoms with Gasteiger partial charge < -0.3 is 10.1 Å². The SMILES string of the molecule is O=C(COc1ccc2cc(Br)ccc2c1Br)NC(=S)NNC(=O)c1ccc(NC(=O)C2CCCCC2)cc1. The highest BCUT2D eigenvalue weighted by molar-refractivity contribution is 9.11. The molecule has 4 rings (SSSR count). The summed E-state index contributed by atoms with van der Waals surface area (Å²) in [4.78, 5) is 37.1. The van der Waals surface area contributed by atoms with Crippen molar-refractivity contribution < 1.29 is 19.1 Å². The first-order valence-electron chi connectivity index (χ1n) is 12.1. The van der Waals surface area contributed by atoms with Gasteiger partial charge in [-0.15, -0.1) is 0 Å². The average Bonchev–Trinajstić information content (AvgIpc) is 2.92. The summed E-state index contributed by atoms with van der Waals surface area (Å²) >= 11 is 12.1. The van der Waals surface area contributed by atoms with E-state index < -0.39 is 11.8 Å². The molecule has 198 valence electrons. The lowest BCUT2D eigenvalue weighted by atomic mass is 9.88. The number of anilines is 1. The van der Waals surface area contributed by atoms with E-state index in [2.05, 4.69) is 53.3 Å². The molecule has 0 atom stereocenters. The Kier molecular flexibility index (Phi) is 9.70. The number of nitrogens with one attached hydrogen (secondary N) is 4. The molecule has 38 heavy (non-hydrogen) atoms. The summed E-state index contributed by atoms with van der Waals surface area (Å²) in [6.07, 6.45) is 5.19. The monoisotopic (exact) mass is 660 g/mol. The molecule has 1 fully saturated rings. The Morgan fingerprint density at radius 1 is 0.921 bits per heavy atom. The fourth-order valence-corrected chi connectivity index (χ4v) is 5.34. The molecule has 0 spiro atoms. The number of hydrogen-bond acceptors (Lipinski definition) is 5. The van der Waals surface area contributed by atoms with E-state index in [-0.39, 0.29) is 23.5 Å². The molecule has 0 aromatic heterocycles. The Bertz CT molecular complexity index is 1360. The predicted molar refractivity (Wildman–Crippen MR) is 158 cm³/mol. The number of hydrogen-bond donors (Lipinski definition) is 4. The highest BCUT2D eigenvalue weighted by atomic mass is 79.9. The topological polar surface area (TPSA) is 109 Å². The first-order valence-corrected chi connectivity index (χ1v) is 14.1. The molecule has 4 N–H and O–H groups in total. The van der Waals surface area contributed by atoms with Gasteiger partial charge >= 0.3 is 0 Å².